The van der Waals surface area contributed by atoms with Gasteiger partial charge in [0.2, 0.25) is 0 Å². The lowest BCUT2D eigenvalue weighted by Crippen LogP contribution is -2.70. The second kappa shape index (κ2) is 13.7. The first kappa shape index (κ1) is 42.4. The van der Waals surface area contributed by atoms with Gasteiger partial charge in [-0.15, -0.1) is 0 Å². The zero-order chi connectivity index (χ0) is 27.0. The predicted octanol–water partition coefficient (Wildman–Crippen LogP) is 16.4. The average Bonchev–Trinajstić information content (AvgIpc) is 2.51. The Morgan fingerprint density at radius 1 is 0.250 bits per heavy atom. The topological polar surface area (TPSA) is 0 Å². The van der Waals surface area contributed by atoms with E-state index in [4.69, 9.17) is 12.6 Å². The molecule has 0 spiro atoms. The van der Waals surface area contributed by atoms with Crippen LogP contribution >= 0.6 is 347 Å². The molecule has 0 nitrogen and oxygen atoms in total. The molecular formula is C10Br21S. The van der Waals surface area contributed by atoms with E-state index in [2.05, 4.69) is 335 Å². The zero-order valence-electron chi connectivity index (χ0n) is 13.3. The van der Waals surface area contributed by atoms with Crippen LogP contribution in [0.4, 0.5) is 0 Å². The van der Waals surface area contributed by atoms with Gasteiger partial charge >= 0.3 is 0 Å². The Balaban J connectivity index is 7.00. The van der Waals surface area contributed by atoms with E-state index in [0.717, 1.165) is 0 Å². The van der Waals surface area contributed by atoms with Gasteiger partial charge in [0, 0.05) is 0 Å². The van der Waals surface area contributed by atoms with E-state index in [1.54, 1.807) is 0 Å². The van der Waals surface area contributed by atoms with Crippen molar-refractivity contribution in [3.05, 3.63) is 0 Å². The van der Waals surface area contributed by atoms with Crippen molar-refractivity contribution in [2.75, 3.05) is 0 Å². The number of halogens is 21. The number of hydrogen-bond acceptors (Lipinski definition) is 0. The lowest BCUT2D eigenvalue weighted by molar-refractivity contribution is 0.570. The summed E-state index contributed by atoms with van der Waals surface area (Å²) >= 11 is 84.2. The minimum Gasteiger partial charge on any atom is -0.0675 e. The van der Waals surface area contributed by atoms with Crippen LogP contribution < -0.4 is 0 Å². The third kappa shape index (κ3) is 7.52. The molecular weight excluding hydrogens is 1830 g/mol. The molecule has 0 atom stereocenters. The molecule has 0 heterocycles. The fourth-order valence-electron chi connectivity index (χ4n) is 1.54. The van der Waals surface area contributed by atoms with Gasteiger partial charge in [-0.1, -0.05) is 347 Å². The first-order chi connectivity index (χ1) is 13.2. The van der Waals surface area contributed by atoms with Gasteiger partial charge in [-0.05, 0) is 0 Å². The summed E-state index contributed by atoms with van der Waals surface area (Å²) in [5.41, 5.74) is 0. The van der Waals surface area contributed by atoms with Crippen LogP contribution in [-0.4, -0.2) is 30.6 Å². The molecule has 0 fully saturated rings. The highest BCUT2D eigenvalue weighted by atomic mass is 80.0. The number of rotatable bonds is 8. The highest BCUT2D eigenvalue weighted by Crippen LogP contribution is 2.80. The van der Waals surface area contributed by atoms with Crippen LogP contribution in [0.1, 0.15) is 0 Å². The Morgan fingerprint density at radius 3 is 0.562 bits per heavy atom. The van der Waals surface area contributed by atoms with Gasteiger partial charge in [0.1, 0.15) is 25.9 Å². The second-order valence-electron chi connectivity index (χ2n) is 5.61. The van der Waals surface area contributed by atoms with Gasteiger partial charge in [-0.2, -0.15) is 0 Å². The smallest absolute Gasteiger partial charge is 0.0675 e. The van der Waals surface area contributed by atoms with Gasteiger partial charge in [0.15, 0.2) is 4.71 Å². The SMILES string of the molecule is [S]C(Br)(Br)C(Br)(Br)C(Br)(Br)C(Br)(Br)C(Br)(Br)C(Br)(Br)C(Br)(Br)C(Br)(Br)C(Br)(Br)C(Br)(Br)Br. The van der Waals surface area contributed by atoms with Crippen LogP contribution in [0.3, 0.4) is 0 Å². The van der Waals surface area contributed by atoms with E-state index in [0.29, 0.717) is 0 Å². The molecule has 0 aromatic carbocycles. The van der Waals surface area contributed by atoms with Gasteiger partial charge in [0.25, 0.3) is 0 Å². The summed E-state index contributed by atoms with van der Waals surface area (Å²) in [7, 11) is 0. The lowest BCUT2D eigenvalue weighted by atomic mass is 10.1. The standard InChI is InChI=1S/C10Br21S/c11-1(12,3(15,16)5(19,20)7(23,24)9(27,28)29)2(13,14)4(17,18)6(21,22)8(25,26)10(30,31)32. The summed E-state index contributed by atoms with van der Waals surface area (Å²) in [5.74, 6) is 0. The summed E-state index contributed by atoms with van der Waals surface area (Å²) in [6.45, 7) is 0. The molecule has 22 heteroatoms. The molecule has 0 aromatic rings. The first-order valence-electron chi connectivity index (χ1n) is 6.42. The van der Waals surface area contributed by atoms with Crippen molar-refractivity contribution in [3.8, 4) is 0 Å². The van der Waals surface area contributed by atoms with Crippen molar-refractivity contribution >= 4 is 347 Å². The molecule has 0 rings (SSSR count). The molecule has 0 amide bonds. The quantitative estimate of drug-likeness (QED) is 0.213. The Labute approximate surface area is 368 Å². The largest absolute Gasteiger partial charge is 0.162 e. The van der Waals surface area contributed by atoms with Crippen molar-refractivity contribution in [2.24, 2.45) is 0 Å². The highest BCUT2D eigenvalue weighted by molar-refractivity contribution is 9.42. The van der Waals surface area contributed by atoms with Gasteiger partial charge in [0.05, 0.1) is 0 Å². The maximum atomic E-state index is 5.60. The van der Waals surface area contributed by atoms with E-state index >= 15 is 0 Å². The molecule has 0 aliphatic heterocycles. The number of alkyl halides is 21. The summed E-state index contributed by atoms with van der Waals surface area (Å²) in [5, 5.41) is 0. The van der Waals surface area contributed by atoms with E-state index in [1.165, 1.54) is 0 Å². The van der Waals surface area contributed by atoms with E-state index in [9.17, 15) is 0 Å². The molecule has 0 aliphatic carbocycles. The molecule has 0 unspecified atom stereocenters. The van der Waals surface area contributed by atoms with Crippen LogP contribution in [0.2, 0.25) is 0 Å². The maximum absolute atomic E-state index is 5.60. The van der Waals surface area contributed by atoms with Crippen LogP contribution in [-0.2, 0) is 0 Å². The van der Waals surface area contributed by atoms with Crippen molar-refractivity contribution in [2.45, 2.75) is 30.6 Å². The minimum atomic E-state index is -1.11. The Morgan fingerprint density at radius 2 is 0.406 bits per heavy atom. The fourth-order valence-corrected chi connectivity index (χ4v) is 20.8. The summed E-state index contributed by atoms with van der Waals surface area (Å²) in [6, 6.07) is 0. The third-order valence-corrected chi connectivity index (χ3v) is 46.5. The van der Waals surface area contributed by atoms with Gasteiger partial charge in [-0.25, -0.2) is 0 Å². The molecule has 0 bridgehead atoms. The molecule has 193 valence electrons. The normalized spacial score (nSPS) is 17.1. The highest BCUT2D eigenvalue weighted by Gasteiger charge is 2.79. The predicted molar refractivity (Wildman–Crippen MR) is 222 cm³/mol. The molecule has 32 heavy (non-hydrogen) atoms. The Hall–Kier alpha value is 10.4. The summed E-state index contributed by atoms with van der Waals surface area (Å²) in [6.07, 6.45) is 0. The van der Waals surface area contributed by atoms with Crippen LogP contribution in [0.5, 0.6) is 0 Å². The Kier molecular flexibility index (Phi) is 18.1. The van der Waals surface area contributed by atoms with E-state index in [1.807, 2.05) is 0 Å². The summed E-state index contributed by atoms with van der Waals surface area (Å²) < 4.78 is -10.2. The van der Waals surface area contributed by atoms with Gasteiger partial charge < -0.3 is 0 Å². The van der Waals surface area contributed by atoms with Crippen molar-refractivity contribution in [1.29, 1.82) is 0 Å². The van der Waals surface area contributed by atoms with Crippen LogP contribution in [0, 0.1) is 0 Å². The van der Waals surface area contributed by atoms with Crippen molar-refractivity contribution < 1.29 is 0 Å². The average molecular weight is 1830 g/mol. The summed E-state index contributed by atoms with van der Waals surface area (Å²) in [4.78, 5) is 0. The molecule has 0 saturated heterocycles. The maximum Gasteiger partial charge on any atom is 0.162 e. The monoisotopic (exact) mass is 1810 g/mol. The Bertz CT molecular complexity index is 632. The van der Waals surface area contributed by atoms with E-state index in [-0.39, 0.29) is 0 Å². The molecule has 0 aliphatic rings. The van der Waals surface area contributed by atoms with E-state index < -0.39 is 30.6 Å². The molecule has 0 N–H and O–H groups in total. The first-order valence-corrected chi connectivity index (χ1v) is 23.5. The van der Waals surface area contributed by atoms with Gasteiger partial charge in [-0.3, -0.25) is 0 Å². The number of hydrogen-bond donors (Lipinski definition) is 0. The van der Waals surface area contributed by atoms with Crippen LogP contribution in [0.25, 0.3) is 0 Å². The minimum absolute atomic E-state index is 0.819. The molecule has 0 aromatic heterocycles. The molecule has 0 saturated carbocycles. The fraction of sp³-hybridized carbons (Fsp3) is 1.00. The third-order valence-electron chi connectivity index (χ3n) is 3.48. The van der Waals surface area contributed by atoms with Crippen molar-refractivity contribution in [3.63, 3.8) is 0 Å². The molecule has 1 radical (unpaired) electrons. The van der Waals surface area contributed by atoms with Crippen molar-refractivity contribution in [1.82, 2.24) is 0 Å². The van der Waals surface area contributed by atoms with Crippen LogP contribution in [0.15, 0.2) is 0 Å². The zero-order valence-corrected chi connectivity index (χ0v) is 47.5. The lowest BCUT2D eigenvalue weighted by Gasteiger charge is -2.59. The second-order valence-corrected chi connectivity index (χ2v) is 45.0.